The molecule has 2 aromatic carbocycles. The lowest BCUT2D eigenvalue weighted by atomic mass is 10.0. The predicted octanol–water partition coefficient (Wildman–Crippen LogP) is 2.49. The van der Waals surface area contributed by atoms with Crippen LogP contribution in [0.4, 0.5) is 0 Å². The number of hydrogen-bond donors (Lipinski definition) is 1. The molecule has 0 aromatic heterocycles. The molecule has 0 saturated heterocycles. The molecule has 0 bridgehead atoms. The molecule has 0 fully saturated rings. The molecule has 1 aliphatic heterocycles. The number of fused-ring (bicyclic) bond motifs is 1. The van der Waals surface area contributed by atoms with Crippen molar-refractivity contribution in [1.82, 2.24) is 4.90 Å². The smallest absolute Gasteiger partial charge is 0.364 e. The van der Waals surface area contributed by atoms with Crippen molar-refractivity contribution in [3.05, 3.63) is 71.3 Å². The molecule has 1 amide bonds. The fraction of sp³-hybridized carbons (Fsp3) is 0.364. The van der Waals surface area contributed by atoms with E-state index in [1.165, 1.54) is 7.11 Å². The molecule has 1 heterocycles. The summed E-state index contributed by atoms with van der Waals surface area (Å²) in [5.74, 6) is 0.101. The third kappa shape index (κ3) is 4.19. The van der Waals surface area contributed by atoms with Crippen LogP contribution in [0.15, 0.2) is 54.6 Å². The van der Waals surface area contributed by atoms with Gasteiger partial charge < -0.3 is 10.1 Å². The van der Waals surface area contributed by atoms with Gasteiger partial charge in [0, 0.05) is 12.0 Å². The number of esters is 1. The van der Waals surface area contributed by atoms with E-state index in [1.807, 2.05) is 64.8 Å². The second kappa shape index (κ2) is 8.35. The number of hydrogen-bond acceptors (Lipinski definition) is 3. The molecule has 5 heteroatoms. The molecule has 27 heavy (non-hydrogen) atoms. The van der Waals surface area contributed by atoms with Gasteiger partial charge in [-0.2, -0.15) is 0 Å². The molecule has 0 aliphatic carbocycles. The van der Waals surface area contributed by atoms with Gasteiger partial charge in [0.05, 0.1) is 19.2 Å². The Morgan fingerprint density at radius 1 is 1.11 bits per heavy atom. The Hall–Kier alpha value is -2.66. The first-order chi connectivity index (χ1) is 13.0. The van der Waals surface area contributed by atoms with Crippen molar-refractivity contribution < 1.29 is 19.6 Å². The van der Waals surface area contributed by atoms with Crippen molar-refractivity contribution in [2.75, 3.05) is 7.11 Å². The number of nitrogens with two attached hydrogens (primary N) is 1. The largest absolute Gasteiger partial charge is 0.465 e. The highest BCUT2D eigenvalue weighted by atomic mass is 16.5. The van der Waals surface area contributed by atoms with Gasteiger partial charge in [-0.3, -0.25) is 9.69 Å². The van der Waals surface area contributed by atoms with Crippen molar-refractivity contribution in [1.29, 1.82) is 0 Å². The van der Waals surface area contributed by atoms with E-state index in [-0.39, 0.29) is 24.1 Å². The van der Waals surface area contributed by atoms with Crippen molar-refractivity contribution in [2.45, 2.75) is 39.0 Å². The standard InChI is InChI=1S/C22H26N2O3/c1-15(2)13-19(22(26)27-3)23-20-17-11-7-8-12-18(17)21(25)24(20)14-16-9-5-4-6-10-16/h4-12,15,19-20,23H,13-14H2,1-3H3/p+1/t19-,20-/m0/s1. The lowest BCUT2D eigenvalue weighted by molar-refractivity contribution is -0.734. The minimum absolute atomic E-state index is 0.00358. The van der Waals surface area contributed by atoms with E-state index in [2.05, 4.69) is 13.8 Å². The van der Waals surface area contributed by atoms with Crippen LogP contribution in [0.2, 0.25) is 0 Å². The number of quaternary nitrogens is 1. The number of nitrogens with zero attached hydrogens (tertiary/aromatic N) is 1. The van der Waals surface area contributed by atoms with Crippen LogP contribution in [-0.2, 0) is 16.1 Å². The molecule has 5 nitrogen and oxygen atoms in total. The maximum atomic E-state index is 13.0. The van der Waals surface area contributed by atoms with E-state index in [0.29, 0.717) is 24.4 Å². The topological polar surface area (TPSA) is 63.2 Å². The number of amides is 1. The first kappa shape index (κ1) is 19.1. The number of benzene rings is 2. The summed E-state index contributed by atoms with van der Waals surface area (Å²) in [6.45, 7) is 4.67. The summed E-state index contributed by atoms with van der Waals surface area (Å²) < 4.78 is 5.02. The zero-order chi connectivity index (χ0) is 19.4. The fourth-order valence-corrected chi connectivity index (χ4v) is 3.69. The molecule has 0 saturated carbocycles. The zero-order valence-electron chi connectivity index (χ0n) is 16.1. The van der Waals surface area contributed by atoms with Gasteiger partial charge in [-0.15, -0.1) is 0 Å². The average molecular weight is 367 g/mol. The number of methoxy groups -OCH3 is 1. The second-order valence-electron chi connectivity index (χ2n) is 7.40. The van der Waals surface area contributed by atoms with Crippen molar-refractivity contribution >= 4 is 11.9 Å². The number of carbonyl (C=O) groups is 2. The van der Waals surface area contributed by atoms with Gasteiger partial charge in [0.15, 0.2) is 12.2 Å². The predicted molar refractivity (Wildman–Crippen MR) is 103 cm³/mol. The molecule has 0 unspecified atom stereocenters. The first-order valence-corrected chi connectivity index (χ1v) is 9.38. The molecule has 3 rings (SSSR count). The Bertz CT molecular complexity index is 804. The molecular weight excluding hydrogens is 340 g/mol. The van der Waals surface area contributed by atoms with E-state index in [0.717, 1.165) is 11.1 Å². The van der Waals surface area contributed by atoms with Crippen LogP contribution in [0.25, 0.3) is 0 Å². The summed E-state index contributed by atoms with van der Waals surface area (Å²) in [5, 5.41) is 1.98. The normalized spacial score (nSPS) is 17.1. The van der Waals surface area contributed by atoms with Gasteiger partial charge in [-0.25, -0.2) is 4.79 Å². The van der Waals surface area contributed by atoms with E-state index < -0.39 is 0 Å². The summed E-state index contributed by atoms with van der Waals surface area (Å²) in [6.07, 6.45) is 0.454. The maximum Gasteiger partial charge on any atom is 0.364 e. The molecule has 0 radical (unpaired) electrons. The van der Waals surface area contributed by atoms with Gasteiger partial charge >= 0.3 is 5.97 Å². The SMILES string of the molecule is COC(=O)[C@H](CC(C)C)[NH2+][C@@H]1c2ccccc2C(=O)N1Cc1ccccc1. The van der Waals surface area contributed by atoms with Crippen LogP contribution in [0, 0.1) is 5.92 Å². The number of carbonyl (C=O) groups excluding carboxylic acids is 2. The molecule has 142 valence electrons. The van der Waals surface area contributed by atoms with Crippen molar-refractivity contribution in [3.8, 4) is 0 Å². The Morgan fingerprint density at radius 3 is 2.44 bits per heavy atom. The van der Waals surface area contributed by atoms with E-state index in [9.17, 15) is 9.59 Å². The van der Waals surface area contributed by atoms with E-state index in [4.69, 9.17) is 4.74 Å². The minimum atomic E-state index is -0.350. The first-order valence-electron chi connectivity index (χ1n) is 9.38. The number of rotatable bonds is 7. The van der Waals surface area contributed by atoms with Gasteiger partial charge in [-0.05, 0) is 17.5 Å². The molecule has 1 aliphatic rings. The summed E-state index contributed by atoms with van der Waals surface area (Å²) in [5.41, 5.74) is 2.73. The minimum Gasteiger partial charge on any atom is -0.465 e. The average Bonchev–Trinajstić information content (AvgIpc) is 2.93. The van der Waals surface area contributed by atoms with E-state index in [1.54, 1.807) is 0 Å². The fourth-order valence-electron chi connectivity index (χ4n) is 3.69. The Morgan fingerprint density at radius 2 is 1.78 bits per heavy atom. The van der Waals surface area contributed by atoms with Crippen LogP contribution in [0.3, 0.4) is 0 Å². The summed E-state index contributed by atoms with van der Waals surface area (Å²) >= 11 is 0. The second-order valence-corrected chi connectivity index (χ2v) is 7.40. The maximum absolute atomic E-state index is 13.0. The molecule has 2 atom stereocenters. The molecule has 2 aromatic rings. The zero-order valence-corrected chi connectivity index (χ0v) is 16.1. The summed E-state index contributed by atoms with van der Waals surface area (Å²) in [4.78, 5) is 27.2. The molecule has 2 N–H and O–H groups in total. The molecular formula is C22H27N2O3+. The van der Waals surface area contributed by atoms with Crippen LogP contribution in [0.1, 0.15) is 47.9 Å². The third-order valence-corrected chi connectivity index (χ3v) is 4.95. The highest BCUT2D eigenvalue weighted by Crippen LogP contribution is 2.30. The summed E-state index contributed by atoms with van der Waals surface area (Å²) in [7, 11) is 1.42. The summed E-state index contributed by atoms with van der Waals surface area (Å²) in [6, 6.07) is 17.2. The Labute approximate surface area is 160 Å². The van der Waals surface area contributed by atoms with Crippen LogP contribution in [-0.4, -0.2) is 29.9 Å². The van der Waals surface area contributed by atoms with Crippen LogP contribution < -0.4 is 5.32 Å². The Kier molecular flexibility index (Phi) is 5.91. The monoisotopic (exact) mass is 367 g/mol. The van der Waals surface area contributed by atoms with Crippen LogP contribution in [0.5, 0.6) is 0 Å². The van der Waals surface area contributed by atoms with Crippen LogP contribution >= 0.6 is 0 Å². The highest BCUT2D eigenvalue weighted by Gasteiger charge is 2.42. The van der Waals surface area contributed by atoms with Gasteiger partial charge in [-0.1, -0.05) is 62.4 Å². The highest BCUT2D eigenvalue weighted by molar-refractivity contribution is 5.98. The third-order valence-electron chi connectivity index (χ3n) is 4.95. The van der Waals surface area contributed by atoms with Crippen molar-refractivity contribution in [3.63, 3.8) is 0 Å². The lowest BCUT2D eigenvalue weighted by Gasteiger charge is -2.27. The van der Waals surface area contributed by atoms with E-state index >= 15 is 0 Å². The quantitative estimate of drug-likeness (QED) is 0.765. The van der Waals surface area contributed by atoms with Gasteiger partial charge in [0.25, 0.3) is 5.91 Å². The lowest BCUT2D eigenvalue weighted by Crippen LogP contribution is -2.94. The Balaban J connectivity index is 1.92. The molecule has 0 spiro atoms. The van der Waals surface area contributed by atoms with Gasteiger partial charge in [0.1, 0.15) is 0 Å². The van der Waals surface area contributed by atoms with Crippen molar-refractivity contribution in [2.24, 2.45) is 5.92 Å². The number of ether oxygens (including phenoxy) is 1. The van der Waals surface area contributed by atoms with Gasteiger partial charge in [0.2, 0.25) is 0 Å².